The first-order chi connectivity index (χ1) is 9.26. The molecule has 0 saturated heterocycles. The average Bonchev–Trinajstić information content (AvgIpc) is 2.79. The number of H-pyrrole nitrogens is 1. The normalized spacial score (nSPS) is 21.0. The first-order valence-corrected chi connectivity index (χ1v) is 7.81. The summed E-state index contributed by atoms with van der Waals surface area (Å²) < 4.78 is 16.6. The highest BCUT2D eigenvalue weighted by Crippen LogP contribution is 2.40. The monoisotopic (exact) mass is 336 g/mol. The highest BCUT2D eigenvalue weighted by molar-refractivity contribution is 7.46. The molecule has 2 rings (SSSR count). The molecule has 0 spiro atoms. The van der Waals surface area contributed by atoms with E-state index < -0.39 is 19.1 Å². The summed E-state index contributed by atoms with van der Waals surface area (Å²) in [5.41, 5.74) is -0.396. The Morgan fingerprint density at radius 2 is 2.00 bits per heavy atom. The largest absolute Gasteiger partial charge is 0.469 e. The predicted molar refractivity (Wildman–Crippen MR) is 83.9 cm³/mol. The number of hydrogen-bond acceptors (Lipinski definition) is 4. The fraction of sp³-hybridized carbons (Fsp3) is 0.692. The van der Waals surface area contributed by atoms with Gasteiger partial charge in [0.25, 0.3) is 5.56 Å². The Hall–Kier alpha value is -1.21. The number of nitrogens with one attached hydrogen (secondary N) is 1. The third-order valence-electron chi connectivity index (χ3n) is 3.53. The number of aryl methyl sites for hydroxylation is 1. The molecule has 0 radical (unpaired) electrons. The minimum absolute atomic E-state index is 0. The fourth-order valence-electron chi connectivity index (χ4n) is 2.51. The zero-order valence-electron chi connectivity index (χ0n) is 11.0. The molecule has 1 heterocycles. The first-order valence-electron chi connectivity index (χ1n) is 6.28. The standard InChI is InChI=1S/C11H17N2O6P.2CH4/c1-7-5-13(11(15)12-10(7)14)9-3-2-8(4-9)6-19-20(16,17)18;;/h5,8-9H,2-4,6H2,1H3,(H,12,14,15)(H2,16,17,18);2*1H4/t8-,9+;;/m1../s1. The molecule has 1 aliphatic rings. The van der Waals surface area contributed by atoms with Gasteiger partial charge in [0.1, 0.15) is 0 Å². The van der Waals surface area contributed by atoms with Gasteiger partial charge >= 0.3 is 13.5 Å². The van der Waals surface area contributed by atoms with Crippen LogP contribution in [0, 0.1) is 12.8 Å². The van der Waals surface area contributed by atoms with Gasteiger partial charge in [0.15, 0.2) is 0 Å². The molecule has 8 nitrogen and oxygen atoms in total. The molecular weight excluding hydrogens is 311 g/mol. The SMILES string of the molecule is C.C.Cc1cn([C@H]2CC[C@@H](COP(=O)(O)O)C2)c(=O)[nH]c1=O. The van der Waals surface area contributed by atoms with Crippen LogP contribution in [0.25, 0.3) is 0 Å². The molecule has 1 saturated carbocycles. The number of hydrogen-bond donors (Lipinski definition) is 3. The zero-order valence-corrected chi connectivity index (χ0v) is 11.9. The van der Waals surface area contributed by atoms with Gasteiger partial charge < -0.3 is 9.79 Å². The summed E-state index contributed by atoms with van der Waals surface area (Å²) in [6.07, 6.45) is 3.54. The second-order valence-corrected chi connectivity index (χ2v) is 6.34. The maximum atomic E-state index is 11.8. The van der Waals surface area contributed by atoms with E-state index in [2.05, 4.69) is 9.51 Å². The van der Waals surface area contributed by atoms with Crippen molar-refractivity contribution in [2.45, 2.75) is 47.1 Å². The summed E-state index contributed by atoms with van der Waals surface area (Å²) in [4.78, 5) is 42.6. The minimum atomic E-state index is -4.45. The van der Waals surface area contributed by atoms with Gasteiger partial charge in [0.05, 0.1) is 6.61 Å². The highest BCUT2D eigenvalue weighted by atomic mass is 31.2. The summed E-state index contributed by atoms with van der Waals surface area (Å²) in [6, 6.07) is -0.0802. The van der Waals surface area contributed by atoms with E-state index in [4.69, 9.17) is 9.79 Å². The van der Waals surface area contributed by atoms with E-state index in [1.54, 1.807) is 6.92 Å². The summed E-state index contributed by atoms with van der Waals surface area (Å²) in [5, 5.41) is 0. The van der Waals surface area contributed by atoms with Gasteiger partial charge in [-0.1, -0.05) is 14.9 Å². The third kappa shape index (κ3) is 5.21. The summed E-state index contributed by atoms with van der Waals surface area (Å²) in [7, 11) is -4.45. The lowest BCUT2D eigenvalue weighted by atomic mass is 10.1. The van der Waals surface area contributed by atoms with Crippen molar-refractivity contribution in [2.24, 2.45) is 5.92 Å². The molecule has 2 atom stereocenters. The average molecular weight is 336 g/mol. The summed E-state index contributed by atoms with van der Waals surface area (Å²) in [6.45, 7) is 1.59. The van der Waals surface area contributed by atoms with Crippen molar-refractivity contribution in [3.05, 3.63) is 32.6 Å². The lowest BCUT2D eigenvalue weighted by Crippen LogP contribution is -2.32. The van der Waals surface area contributed by atoms with E-state index >= 15 is 0 Å². The maximum Gasteiger partial charge on any atom is 0.469 e. The number of rotatable bonds is 4. The van der Waals surface area contributed by atoms with Gasteiger partial charge in [-0.2, -0.15) is 0 Å². The smallest absolute Gasteiger partial charge is 0.303 e. The van der Waals surface area contributed by atoms with Crippen molar-refractivity contribution in [2.75, 3.05) is 6.61 Å². The van der Waals surface area contributed by atoms with Crippen LogP contribution in [0.5, 0.6) is 0 Å². The van der Waals surface area contributed by atoms with Crippen LogP contribution in [-0.4, -0.2) is 25.9 Å². The van der Waals surface area contributed by atoms with Gasteiger partial charge in [-0.3, -0.25) is 18.9 Å². The van der Waals surface area contributed by atoms with Crippen molar-refractivity contribution in [3.63, 3.8) is 0 Å². The van der Waals surface area contributed by atoms with Crippen molar-refractivity contribution >= 4 is 7.82 Å². The van der Waals surface area contributed by atoms with Crippen molar-refractivity contribution in [1.82, 2.24) is 9.55 Å². The molecule has 1 aliphatic carbocycles. The molecule has 0 aliphatic heterocycles. The molecule has 0 bridgehead atoms. The second kappa shape index (κ2) is 7.87. The Balaban J connectivity index is 0.00000220. The maximum absolute atomic E-state index is 11.8. The van der Waals surface area contributed by atoms with Crippen LogP contribution in [-0.2, 0) is 9.09 Å². The summed E-state index contributed by atoms with van der Waals surface area (Å²) >= 11 is 0. The van der Waals surface area contributed by atoms with Gasteiger partial charge in [-0.25, -0.2) is 9.36 Å². The summed E-state index contributed by atoms with van der Waals surface area (Å²) in [5.74, 6) is -0.00763. The predicted octanol–water partition coefficient (Wildman–Crippen LogP) is 1.57. The molecule has 1 aromatic heterocycles. The fourth-order valence-corrected chi connectivity index (χ4v) is 2.92. The molecule has 22 heavy (non-hydrogen) atoms. The molecule has 0 unspecified atom stereocenters. The molecular formula is C13H25N2O6P. The molecule has 1 aromatic rings. The van der Waals surface area contributed by atoms with Crippen LogP contribution >= 0.6 is 7.82 Å². The van der Waals surface area contributed by atoms with Crippen molar-refractivity contribution in [1.29, 1.82) is 0 Å². The molecule has 0 amide bonds. The molecule has 128 valence electrons. The van der Waals surface area contributed by atoms with Crippen LogP contribution in [0.1, 0.15) is 45.7 Å². The van der Waals surface area contributed by atoms with Crippen LogP contribution < -0.4 is 11.2 Å². The first kappa shape index (κ1) is 20.8. The van der Waals surface area contributed by atoms with Gasteiger partial charge in [-0.05, 0) is 32.1 Å². The second-order valence-electron chi connectivity index (χ2n) is 5.10. The number of phosphoric ester groups is 1. The van der Waals surface area contributed by atoms with Gasteiger partial charge in [-0.15, -0.1) is 0 Å². The van der Waals surface area contributed by atoms with E-state index in [0.717, 1.165) is 6.42 Å². The number of aromatic nitrogens is 2. The lowest BCUT2D eigenvalue weighted by molar-refractivity contribution is 0.167. The Bertz CT molecular complexity index is 647. The van der Waals surface area contributed by atoms with Crippen LogP contribution in [0.2, 0.25) is 0 Å². The van der Waals surface area contributed by atoms with Crippen LogP contribution in [0.4, 0.5) is 0 Å². The van der Waals surface area contributed by atoms with E-state index in [1.165, 1.54) is 10.8 Å². The molecule has 9 heteroatoms. The molecule has 1 fully saturated rings. The van der Waals surface area contributed by atoms with E-state index in [9.17, 15) is 14.2 Å². The Morgan fingerprint density at radius 1 is 1.36 bits per heavy atom. The quantitative estimate of drug-likeness (QED) is 0.718. The highest BCUT2D eigenvalue weighted by Gasteiger charge is 2.29. The van der Waals surface area contributed by atoms with Gasteiger partial charge in [0.2, 0.25) is 0 Å². The third-order valence-corrected chi connectivity index (χ3v) is 4.02. The topological polar surface area (TPSA) is 122 Å². The van der Waals surface area contributed by atoms with Crippen LogP contribution in [0.3, 0.4) is 0 Å². The minimum Gasteiger partial charge on any atom is -0.303 e. The number of aromatic amines is 1. The Morgan fingerprint density at radius 3 is 2.59 bits per heavy atom. The molecule has 3 N–H and O–H groups in total. The number of phosphoric acid groups is 1. The lowest BCUT2D eigenvalue weighted by Gasteiger charge is -2.15. The van der Waals surface area contributed by atoms with E-state index in [-0.39, 0.29) is 33.4 Å². The molecule has 0 aromatic carbocycles. The van der Waals surface area contributed by atoms with Crippen LogP contribution in [0.15, 0.2) is 15.8 Å². The van der Waals surface area contributed by atoms with E-state index in [1.807, 2.05) is 0 Å². The van der Waals surface area contributed by atoms with Gasteiger partial charge in [0, 0.05) is 17.8 Å². The Kier molecular flexibility index (Phi) is 7.44. The number of nitrogens with zero attached hydrogens (tertiary/aromatic N) is 1. The Labute approximate surface area is 129 Å². The van der Waals surface area contributed by atoms with Crippen molar-refractivity contribution in [3.8, 4) is 0 Å². The zero-order chi connectivity index (χ0) is 14.9. The van der Waals surface area contributed by atoms with E-state index in [0.29, 0.717) is 18.4 Å². The van der Waals surface area contributed by atoms with Crippen molar-refractivity contribution < 1.29 is 18.9 Å².